The van der Waals surface area contributed by atoms with Crippen molar-refractivity contribution in [2.24, 2.45) is 0 Å². The molecule has 2 fully saturated rings. The second-order valence-corrected chi connectivity index (χ2v) is 7.30. The zero-order chi connectivity index (χ0) is 16.6. The number of hydrogen-bond donors (Lipinski definition) is 1. The van der Waals surface area contributed by atoms with E-state index in [1.54, 1.807) is 6.33 Å². The minimum Gasteiger partial charge on any atom is -0.348 e. The fourth-order valence-corrected chi connectivity index (χ4v) is 3.90. The van der Waals surface area contributed by atoms with Crippen molar-refractivity contribution in [2.75, 3.05) is 0 Å². The number of aromatic nitrogens is 3. The van der Waals surface area contributed by atoms with Gasteiger partial charge >= 0.3 is 0 Å². The summed E-state index contributed by atoms with van der Waals surface area (Å²) >= 11 is 6.01. The summed E-state index contributed by atoms with van der Waals surface area (Å²) in [6, 6.07) is 8.23. The number of amides is 1. The molecule has 2 aromatic rings. The highest BCUT2D eigenvalue weighted by Crippen LogP contribution is 2.42. The van der Waals surface area contributed by atoms with Crippen LogP contribution >= 0.6 is 11.6 Å². The molecule has 1 heterocycles. The SMILES string of the molecule is O=C(NCc1nncn1C1CC1)C1(c2ccc(Cl)cc2)CCCC1. The maximum Gasteiger partial charge on any atom is 0.231 e. The van der Waals surface area contributed by atoms with Gasteiger partial charge < -0.3 is 9.88 Å². The molecule has 0 saturated heterocycles. The molecule has 2 saturated carbocycles. The summed E-state index contributed by atoms with van der Waals surface area (Å²) in [5, 5.41) is 12.0. The van der Waals surface area contributed by atoms with Crippen LogP contribution in [0.3, 0.4) is 0 Å². The van der Waals surface area contributed by atoms with Crippen LogP contribution in [-0.4, -0.2) is 20.7 Å². The van der Waals surface area contributed by atoms with Gasteiger partial charge in [0.1, 0.15) is 6.33 Å². The molecule has 0 atom stereocenters. The topological polar surface area (TPSA) is 59.8 Å². The quantitative estimate of drug-likeness (QED) is 0.904. The largest absolute Gasteiger partial charge is 0.348 e. The molecule has 126 valence electrons. The lowest BCUT2D eigenvalue weighted by molar-refractivity contribution is -0.126. The smallest absolute Gasteiger partial charge is 0.231 e. The van der Waals surface area contributed by atoms with E-state index in [2.05, 4.69) is 20.1 Å². The first-order valence-corrected chi connectivity index (χ1v) is 8.99. The highest BCUT2D eigenvalue weighted by molar-refractivity contribution is 6.30. The number of carbonyl (C=O) groups is 1. The number of rotatable bonds is 5. The maximum absolute atomic E-state index is 13.0. The molecule has 6 heteroatoms. The van der Waals surface area contributed by atoms with E-state index in [1.165, 1.54) is 12.8 Å². The van der Waals surface area contributed by atoms with Crippen molar-refractivity contribution in [2.45, 2.75) is 56.5 Å². The summed E-state index contributed by atoms with van der Waals surface area (Å²) in [4.78, 5) is 13.0. The molecule has 0 bridgehead atoms. The van der Waals surface area contributed by atoms with Gasteiger partial charge in [0.2, 0.25) is 5.91 Å². The van der Waals surface area contributed by atoms with Crippen LogP contribution in [0.25, 0.3) is 0 Å². The summed E-state index contributed by atoms with van der Waals surface area (Å²) in [6.07, 6.45) is 8.04. The van der Waals surface area contributed by atoms with E-state index in [9.17, 15) is 4.79 Å². The Morgan fingerprint density at radius 1 is 1.25 bits per heavy atom. The molecule has 24 heavy (non-hydrogen) atoms. The molecular weight excluding hydrogens is 324 g/mol. The average molecular weight is 345 g/mol. The Labute approximate surface area is 146 Å². The zero-order valence-electron chi connectivity index (χ0n) is 13.5. The molecule has 2 aliphatic rings. The Kier molecular flexibility index (Phi) is 4.04. The predicted octanol–water partition coefficient (Wildman–Crippen LogP) is 3.39. The van der Waals surface area contributed by atoms with Gasteiger partial charge in [0, 0.05) is 11.1 Å². The Morgan fingerprint density at radius 3 is 2.62 bits per heavy atom. The summed E-state index contributed by atoms with van der Waals surface area (Å²) in [6.45, 7) is 0.435. The number of benzene rings is 1. The van der Waals surface area contributed by atoms with E-state index in [0.717, 1.165) is 37.1 Å². The molecule has 0 aliphatic heterocycles. The van der Waals surface area contributed by atoms with E-state index >= 15 is 0 Å². The first-order chi connectivity index (χ1) is 11.7. The van der Waals surface area contributed by atoms with Gasteiger partial charge in [-0.25, -0.2) is 0 Å². The third-order valence-corrected chi connectivity index (χ3v) is 5.54. The summed E-state index contributed by atoms with van der Waals surface area (Å²) < 4.78 is 2.09. The second kappa shape index (κ2) is 6.20. The molecular formula is C18H21ClN4O. The summed E-state index contributed by atoms with van der Waals surface area (Å²) in [5.74, 6) is 0.933. The Balaban J connectivity index is 1.52. The normalized spacial score (nSPS) is 19.4. The third kappa shape index (κ3) is 2.81. The van der Waals surface area contributed by atoms with Crippen molar-refractivity contribution in [3.63, 3.8) is 0 Å². The van der Waals surface area contributed by atoms with Gasteiger partial charge in [0.25, 0.3) is 0 Å². The molecule has 1 N–H and O–H groups in total. The van der Waals surface area contributed by atoms with Crippen molar-refractivity contribution < 1.29 is 4.79 Å². The summed E-state index contributed by atoms with van der Waals surface area (Å²) in [5.41, 5.74) is 0.625. The monoisotopic (exact) mass is 344 g/mol. The standard InChI is InChI=1S/C18H21ClN4O/c19-14-5-3-13(4-6-14)18(9-1-2-10-18)17(24)20-11-16-22-21-12-23(16)15-7-8-15/h3-6,12,15H,1-2,7-11H2,(H,20,24). The molecule has 2 aliphatic carbocycles. The minimum absolute atomic E-state index is 0.0904. The van der Waals surface area contributed by atoms with Crippen LogP contribution in [0.1, 0.15) is 56.0 Å². The Morgan fingerprint density at radius 2 is 1.96 bits per heavy atom. The van der Waals surface area contributed by atoms with Crippen LogP contribution in [0.5, 0.6) is 0 Å². The van der Waals surface area contributed by atoms with Gasteiger partial charge in [-0.2, -0.15) is 0 Å². The highest BCUT2D eigenvalue weighted by Gasteiger charge is 2.42. The van der Waals surface area contributed by atoms with Crippen molar-refractivity contribution in [1.82, 2.24) is 20.1 Å². The third-order valence-electron chi connectivity index (χ3n) is 5.28. The van der Waals surface area contributed by atoms with Crippen LogP contribution < -0.4 is 5.32 Å². The lowest BCUT2D eigenvalue weighted by Crippen LogP contribution is -2.42. The van der Waals surface area contributed by atoms with Gasteiger partial charge in [-0.1, -0.05) is 36.6 Å². The number of carbonyl (C=O) groups excluding carboxylic acids is 1. The molecule has 0 unspecified atom stereocenters. The maximum atomic E-state index is 13.0. The summed E-state index contributed by atoms with van der Waals surface area (Å²) in [7, 11) is 0. The number of halogens is 1. The van der Waals surface area contributed by atoms with E-state index < -0.39 is 5.41 Å². The van der Waals surface area contributed by atoms with E-state index in [-0.39, 0.29) is 5.91 Å². The molecule has 1 aromatic heterocycles. The van der Waals surface area contributed by atoms with Gasteiger partial charge in [-0.3, -0.25) is 4.79 Å². The van der Waals surface area contributed by atoms with Gasteiger partial charge in [-0.05, 0) is 43.4 Å². The molecule has 5 nitrogen and oxygen atoms in total. The zero-order valence-corrected chi connectivity index (χ0v) is 14.3. The average Bonchev–Trinajstić information content (AvgIpc) is 3.12. The predicted molar refractivity (Wildman–Crippen MR) is 91.7 cm³/mol. The van der Waals surface area contributed by atoms with Gasteiger partial charge in [-0.15, -0.1) is 10.2 Å². The van der Waals surface area contributed by atoms with E-state index in [0.29, 0.717) is 17.6 Å². The molecule has 4 rings (SSSR count). The Bertz CT molecular complexity index is 730. The number of nitrogens with zero attached hydrogens (tertiary/aromatic N) is 3. The van der Waals surface area contributed by atoms with E-state index in [1.807, 2.05) is 24.3 Å². The minimum atomic E-state index is -0.435. The van der Waals surface area contributed by atoms with Crippen LogP contribution in [0.4, 0.5) is 0 Å². The fraction of sp³-hybridized carbons (Fsp3) is 0.500. The van der Waals surface area contributed by atoms with Crippen LogP contribution in [0, 0.1) is 0 Å². The Hall–Kier alpha value is -1.88. The van der Waals surface area contributed by atoms with Crippen LogP contribution in [-0.2, 0) is 16.8 Å². The first kappa shape index (κ1) is 15.6. The molecule has 0 radical (unpaired) electrons. The van der Waals surface area contributed by atoms with Gasteiger partial charge in [0.05, 0.1) is 12.0 Å². The molecule has 1 amide bonds. The fourth-order valence-electron chi connectivity index (χ4n) is 3.77. The highest BCUT2D eigenvalue weighted by atomic mass is 35.5. The number of nitrogens with one attached hydrogen (secondary N) is 1. The van der Waals surface area contributed by atoms with Crippen molar-refractivity contribution in [3.8, 4) is 0 Å². The van der Waals surface area contributed by atoms with Crippen molar-refractivity contribution in [1.29, 1.82) is 0 Å². The number of hydrogen-bond acceptors (Lipinski definition) is 3. The van der Waals surface area contributed by atoms with Crippen LogP contribution in [0.15, 0.2) is 30.6 Å². The van der Waals surface area contributed by atoms with Gasteiger partial charge in [0.15, 0.2) is 5.82 Å². The molecule has 0 spiro atoms. The van der Waals surface area contributed by atoms with Crippen molar-refractivity contribution >= 4 is 17.5 Å². The van der Waals surface area contributed by atoms with E-state index in [4.69, 9.17) is 11.6 Å². The second-order valence-electron chi connectivity index (χ2n) is 6.86. The van der Waals surface area contributed by atoms with Crippen LogP contribution in [0.2, 0.25) is 5.02 Å². The van der Waals surface area contributed by atoms with Crippen molar-refractivity contribution in [3.05, 3.63) is 47.0 Å². The molecule has 1 aromatic carbocycles. The first-order valence-electron chi connectivity index (χ1n) is 8.62. The lowest BCUT2D eigenvalue weighted by atomic mass is 9.78. The lowest BCUT2D eigenvalue weighted by Gasteiger charge is -2.28.